The molecule has 0 amide bonds. The van der Waals surface area contributed by atoms with E-state index >= 15 is 0 Å². The summed E-state index contributed by atoms with van der Waals surface area (Å²) in [5, 5.41) is 0. The van der Waals surface area contributed by atoms with Crippen LogP contribution >= 0.6 is 0 Å². The van der Waals surface area contributed by atoms with E-state index in [9.17, 15) is 22.0 Å². The number of rotatable bonds is 9. The van der Waals surface area contributed by atoms with Crippen LogP contribution in [0.4, 0.5) is 8.78 Å². The molecule has 0 fully saturated rings. The van der Waals surface area contributed by atoms with Crippen LogP contribution in [-0.4, -0.2) is 23.8 Å². The van der Waals surface area contributed by atoms with E-state index in [0.717, 1.165) is 17.7 Å². The fourth-order valence-corrected chi connectivity index (χ4v) is 5.69. The molecule has 10 heteroatoms. The standard InChI is InChI=1S/C28H25F2N3O4S/c29-20-9-12-28(24(30)15-20)38(35,36)32-16-23-21-7-4-8-25(34)22(21)10-11-26(23)37-27(17-33-14-13-31-18-33)19-5-2-1-3-6-19/h1-3,5-6,9-15,18,27,32H,4,7-8,16-17H2. The highest BCUT2D eigenvalue weighted by Gasteiger charge is 2.27. The summed E-state index contributed by atoms with van der Waals surface area (Å²) in [6.45, 7) is 0.198. The number of sulfonamides is 1. The van der Waals surface area contributed by atoms with Crippen molar-refractivity contribution < 1.29 is 26.7 Å². The van der Waals surface area contributed by atoms with Crippen molar-refractivity contribution in [2.24, 2.45) is 0 Å². The van der Waals surface area contributed by atoms with E-state index in [1.54, 1.807) is 24.7 Å². The first-order valence-corrected chi connectivity index (χ1v) is 13.6. The molecule has 1 unspecified atom stereocenters. The van der Waals surface area contributed by atoms with Gasteiger partial charge in [0, 0.05) is 42.6 Å². The van der Waals surface area contributed by atoms with E-state index in [2.05, 4.69) is 9.71 Å². The van der Waals surface area contributed by atoms with E-state index in [-0.39, 0.29) is 12.3 Å². The summed E-state index contributed by atoms with van der Waals surface area (Å²) in [4.78, 5) is 16.1. The Morgan fingerprint density at radius 2 is 1.87 bits per heavy atom. The van der Waals surface area contributed by atoms with Gasteiger partial charge in [-0.1, -0.05) is 30.3 Å². The number of fused-ring (bicyclic) bond motifs is 1. The first-order chi connectivity index (χ1) is 18.3. The molecule has 1 N–H and O–H groups in total. The largest absolute Gasteiger partial charge is 0.484 e. The zero-order chi connectivity index (χ0) is 26.7. The predicted molar refractivity (Wildman–Crippen MR) is 136 cm³/mol. The first-order valence-electron chi connectivity index (χ1n) is 12.1. The van der Waals surface area contributed by atoms with E-state index in [1.165, 1.54) is 0 Å². The maximum absolute atomic E-state index is 14.3. The molecular weight excluding hydrogens is 512 g/mol. The van der Waals surface area contributed by atoms with Gasteiger partial charge in [-0.15, -0.1) is 0 Å². The van der Waals surface area contributed by atoms with Crippen molar-refractivity contribution in [3.8, 4) is 5.75 Å². The number of nitrogens with zero attached hydrogens (tertiary/aromatic N) is 2. The quantitative estimate of drug-likeness (QED) is 0.325. The fraction of sp³-hybridized carbons (Fsp3) is 0.214. The summed E-state index contributed by atoms with van der Waals surface area (Å²) in [6.07, 6.45) is 6.31. The van der Waals surface area contributed by atoms with Gasteiger partial charge in [-0.05, 0) is 48.2 Å². The lowest BCUT2D eigenvalue weighted by Gasteiger charge is -2.26. The van der Waals surface area contributed by atoms with Crippen LogP contribution in [0.15, 0.2) is 84.3 Å². The number of benzene rings is 3. The number of ketones is 1. The van der Waals surface area contributed by atoms with Gasteiger partial charge in [0.1, 0.15) is 28.4 Å². The molecule has 0 spiro atoms. The molecule has 1 aliphatic rings. The van der Waals surface area contributed by atoms with Crippen LogP contribution in [0.3, 0.4) is 0 Å². The molecule has 4 aromatic rings. The second-order valence-corrected chi connectivity index (χ2v) is 10.8. The van der Waals surface area contributed by atoms with Gasteiger partial charge >= 0.3 is 0 Å². The topological polar surface area (TPSA) is 90.3 Å². The van der Waals surface area contributed by atoms with Gasteiger partial charge in [0.2, 0.25) is 10.0 Å². The Bertz CT molecular complexity index is 1560. The Kier molecular flexibility index (Phi) is 7.35. The van der Waals surface area contributed by atoms with Crippen LogP contribution in [0.5, 0.6) is 5.75 Å². The summed E-state index contributed by atoms with van der Waals surface area (Å²) < 4.78 is 64.3. The SMILES string of the molecule is O=C1CCCc2c1ccc(OC(Cn1ccnc1)c1ccccc1)c2CNS(=O)(=O)c1ccc(F)cc1F. The van der Waals surface area contributed by atoms with E-state index in [4.69, 9.17) is 4.74 Å². The Labute approximate surface area is 219 Å². The minimum absolute atomic E-state index is 0.0236. The minimum atomic E-state index is -4.33. The molecule has 1 atom stereocenters. The molecule has 196 valence electrons. The molecule has 0 saturated carbocycles. The summed E-state index contributed by atoms with van der Waals surface area (Å²) in [5.41, 5.74) is 2.63. The Morgan fingerprint density at radius 3 is 2.61 bits per heavy atom. The summed E-state index contributed by atoms with van der Waals surface area (Å²) in [5.74, 6) is -1.68. The van der Waals surface area contributed by atoms with Gasteiger partial charge in [-0.25, -0.2) is 26.9 Å². The maximum Gasteiger partial charge on any atom is 0.243 e. The lowest BCUT2D eigenvalue weighted by atomic mass is 9.87. The van der Waals surface area contributed by atoms with E-state index in [0.29, 0.717) is 54.3 Å². The highest BCUT2D eigenvalue weighted by Crippen LogP contribution is 2.34. The molecule has 1 aromatic heterocycles. The number of halogens is 2. The summed E-state index contributed by atoms with van der Waals surface area (Å²) in [7, 11) is -4.33. The van der Waals surface area contributed by atoms with E-state index < -0.39 is 32.7 Å². The second-order valence-electron chi connectivity index (χ2n) is 9.02. The molecule has 0 aliphatic heterocycles. The maximum atomic E-state index is 14.3. The third kappa shape index (κ3) is 5.51. The molecule has 0 bridgehead atoms. The fourth-order valence-electron chi connectivity index (χ4n) is 4.64. The number of Topliss-reactive ketones (excluding diaryl/α,β-unsaturated/α-hetero) is 1. The Morgan fingerprint density at radius 1 is 1.05 bits per heavy atom. The van der Waals surface area contributed by atoms with Gasteiger partial charge in [0.15, 0.2) is 5.78 Å². The number of carbonyl (C=O) groups excluding carboxylic acids is 1. The Balaban J connectivity index is 1.51. The van der Waals surface area contributed by atoms with Gasteiger partial charge in [0.25, 0.3) is 0 Å². The van der Waals surface area contributed by atoms with Crippen LogP contribution in [0.2, 0.25) is 0 Å². The Hall–Kier alpha value is -3.89. The molecule has 7 nitrogen and oxygen atoms in total. The van der Waals surface area contributed by atoms with Crippen LogP contribution in [0.1, 0.15) is 46.0 Å². The molecule has 3 aromatic carbocycles. The molecule has 1 aliphatic carbocycles. The van der Waals surface area contributed by atoms with Crippen molar-refractivity contribution in [1.29, 1.82) is 0 Å². The van der Waals surface area contributed by atoms with Crippen molar-refractivity contribution in [2.45, 2.75) is 43.4 Å². The second kappa shape index (κ2) is 10.8. The highest BCUT2D eigenvalue weighted by molar-refractivity contribution is 7.89. The number of hydrogen-bond donors (Lipinski definition) is 1. The van der Waals surface area contributed by atoms with Gasteiger partial charge in [-0.3, -0.25) is 4.79 Å². The smallest absolute Gasteiger partial charge is 0.243 e. The molecular formula is C28H25F2N3O4S. The van der Waals surface area contributed by atoms with Crippen LogP contribution in [0, 0.1) is 11.6 Å². The number of imidazole rings is 1. The van der Waals surface area contributed by atoms with Crippen LogP contribution < -0.4 is 9.46 Å². The zero-order valence-corrected chi connectivity index (χ0v) is 21.1. The van der Waals surface area contributed by atoms with Crippen LogP contribution in [0.25, 0.3) is 0 Å². The lowest BCUT2D eigenvalue weighted by Crippen LogP contribution is -2.26. The van der Waals surface area contributed by atoms with Crippen molar-refractivity contribution in [3.63, 3.8) is 0 Å². The van der Waals surface area contributed by atoms with Crippen molar-refractivity contribution in [1.82, 2.24) is 14.3 Å². The third-order valence-corrected chi connectivity index (χ3v) is 7.95. The van der Waals surface area contributed by atoms with Crippen LogP contribution in [-0.2, 0) is 29.5 Å². The van der Waals surface area contributed by atoms with Gasteiger partial charge in [0.05, 0.1) is 12.9 Å². The minimum Gasteiger partial charge on any atom is -0.484 e. The lowest BCUT2D eigenvalue weighted by molar-refractivity contribution is 0.0972. The van der Waals surface area contributed by atoms with Crippen molar-refractivity contribution in [3.05, 3.63) is 113 Å². The molecule has 0 saturated heterocycles. The monoisotopic (exact) mass is 537 g/mol. The number of aromatic nitrogens is 2. The third-order valence-electron chi connectivity index (χ3n) is 6.52. The van der Waals surface area contributed by atoms with Crippen molar-refractivity contribution >= 4 is 15.8 Å². The highest BCUT2D eigenvalue weighted by atomic mass is 32.2. The average Bonchev–Trinajstić information content (AvgIpc) is 3.41. The normalized spacial score (nSPS) is 14.2. The van der Waals surface area contributed by atoms with Gasteiger partial charge < -0.3 is 9.30 Å². The predicted octanol–water partition coefficient (Wildman–Crippen LogP) is 4.98. The van der Waals surface area contributed by atoms with Gasteiger partial charge in [-0.2, -0.15) is 0 Å². The summed E-state index contributed by atoms with van der Waals surface area (Å²) >= 11 is 0. The first kappa shape index (κ1) is 25.7. The number of hydrogen-bond acceptors (Lipinski definition) is 5. The summed E-state index contributed by atoms with van der Waals surface area (Å²) in [6, 6.07) is 15.2. The molecule has 0 radical (unpaired) electrons. The molecule has 1 heterocycles. The number of ether oxygens (including phenoxy) is 1. The average molecular weight is 538 g/mol. The van der Waals surface area contributed by atoms with E-state index in [1.807, 2.05) is 41.1 Å². The van der Waals surface area contributed by atoms with Crippen molar-refractivity contribution in [2.75, 3.05) is 0 Å². The molecule has 38 heavy (non-hydrogen) atoms. The number of carbonyl (C=O) groups is 1. The molecule has 5 rings (SSSR count). The zero-order valence-electron chi connectivity index (χ0n) is 20.3. The number of nitrogens with one attached hydrogen (secondary N) is 1.